The highest BCUT2D eigenvalue weighted by Crippen LogP contribution is 2.26. The van der Waals surface area contributed by atoms with Crippen molar-refractivity contribution in [1.29, 1.82) is 0 Å². The fraction of sp³-hybridized carbons (Fsp3) is 0.316. The first-order valence-electron chi connectivity index (χ1n) is 8.65. The zero-order chi connectivity index (χ0) is 19.4. The second kappa shape index (κ2) is 8.61. The monoisotopic (exact) mass is 426 g/mol. The van der Waals surface area contributed by atoms with Gasteiger partial charge in [0.15, 0.2) is 0 Å². The van der Waals surface area contributed by atoms with Gasteiger partial charge in [0.1, 0.15) is 0 Å². The van der Waals surface area contributed by atoms with E-state index in [2.05, 4.69) is 0 Å². The Labute approximate surface area is 169 Å². The van der Waals surface area contributed by atoms with Crippen LogP contribution in [0.15, 0.2) is 53.4 Å². The van der Waals surface area contributed by atoms with Crippen LogP contribution in [0.25, 0.3) is 0 Å². The number of hydrogen-bond donors (Lipinski definition) is 0. The third-order valence-corrected chi connectivity index (χ3v) is 7.24. The molecule has 3 rings (SSSR count). The SMILES string of the molecule is O=C(CCc1c(Cl)cccc1Cl)N1CCN(S(=O)(=O)c2ccccc2)CC1. The van der Waals surface area contributed by atoms with E-state index in [-0.39, 0.29) is 30.3 Å². The van der Waals surface area contributed by atoms with Gasteiger partial charge in [0, 0.05) is 42.6 Å². The zero-order valence-electron chi connectivity index (χ0n) is 14.6. The number of sulfonamides is 1. The Kier molecular flexibility index (Phi) is 6.42. The summed E-state index contributed by atoms with van der Waals surface area (Å²) >= 11 is 12.3. The van der Waals surface area contributed by atoms with Gasteiger partial charge in [-0.25, -0.2) is 8.42 Å². The van der Waals surface area contributed by atoms with Gasteiger partial charge in [0.2, 0.25) is 15.9 Å². The Morgan fingerprint density at radius 1 is 0.889 bits per heavy atom. The molecule has 1 aliphatic heterocycles. The first-order valence-corrected chi connectivity index (χ1v) is 10.8. The smallest absolute Gasteiger partial charge is 0.243 e. The van der Waals surface area contributed by atoms with Crippen LogP contribution in [0.5, 0.6) is 0 Å². The summed E-state index contributed by atoms with van der Waals surface area (Å²) in [6.07, 6.45) is 0.745. The fourth-order valence-corrected chi connectivity index (χ4v) is 5.11. The van der Waals surface area contributed by atoms with E-state index in [1.165, 1.54) is 4.31 Å². The maximum Gasteiger partial charge on any atom is 0.243 e. The molecule has 0 aromatic heterocycles. The van der Waals surface area contributed by atoms with Gasteiger partial charge in [-0.15, -0.1) is 0 Å². The highest BCUT2D eigenvalue weighted by atomic mass is 35.5. The van der Waals surface area contributed by atoms with Gasteiger partial charge in [0.25, 0.3) is 0 Å². The van der Waals surface area contributed by atoms with Gasteiger partial charge < -0.3 is 4.90 Å². The molecule has 2 aromatic carbocycles. The second-order valence-electron chi connectivity index (χ2n) is 6.30. The van der Waals surface area contributed by atoms with Gasteiger partial charge in [-0.1, -0.05) is 47.5 Å². The summed E-state index contributed by atoms with van der Waals surface area (Å²) < 4.78 is 26.7. The third kappa shape index (κ3) is 4.63. The molecule has 0 bridgehead atoms. The number of halogens is 2. The highest BCUT2D eigenvalue weighted by molar-refractivity contribution is 7.89. The number of carbonyl (C=O) groups is 1. The van der Waals surface area contributed by atoms with Crippen molar-refractivity contribution in [3.05, 3.63) is 64.1 Å². The molecular formula is C19H20Cl2N2O3S. The molecule has 2 aromatic rings. The Balaban J connectivity index is 1.57. The first-order chi connectivity index (χ1) is 12.9. The van der Waals surface area contributed by atoms with Crippen LogP contribution < -0.4 is 0 Å². The van der Waals surface area contributed by atoms with E-state index < -0.39 is 10.0 Å². The zero-order valence-corrected chi connectivity index (χ0v) is 17.0. The molecular weight excluding hydrogens is 407 g/mol. The van der Waals surface area contributed by atoms with Crippen molar-refractivity contribution < 1.29 is 13.2 Å². The maximum atomic E-state index is 12.6. The molecule has 0 unspecified atom stereocenters. The van der Waals surface area contributed by atoms with Crippen LogP contribution >= 0.6 is 23.2 Å². The van der Waals surface area contributed by atoms with Crippen LogP contribution in [-0.4, -0.2) is 49.7 Å². The molecule has 1 aliphatic rings. The molecule has 1 heterocycles. The molecule has 0 radical (unpaired) electrons. The lowest BCUT2D eigenvalue weighted by Crippen LogP contribution is -2.50. The van der Waals surface area contributed by atoms with E-state index in [1.54, 1.807) is 53.4 Å². The minimum absolute atomic E-state index is 0.0252. The van der Waals surface area contributed by atoms with Crippen molar-refractivity contribution in [3.63, 3.8) is 0 Å². The topological polar surface area (TPSA) is 57.7 Å². The fourth-order valence-electron chi connectivity index (χ4n) is 3.08. The predicted molar refractivity (Wildman–Crippen MR) is 107 cm³/mol. The summed E-state index contributed by atoms with van der Waals surface area (Å²) in [5, 5.41) is 1.10. The summed E-state index contributed by atoms with van der Waals surface area (Å²) in [5.74, 6) is -0.0252. The third-order valence-electron chi connectivity index (χ3n) is 4.62. The first kappa shape index (κ1) is 20.1. The standard InChI is InChI=1S/C19H20Cl2N2O3S/c20-17-7-4-8-18(21)16(17)9-10-19(24)22-11-13-23(14-12-22)27(25,26)15-5-2-1-3-6-15/h1-8H,9-14H2. The molecule has 0 spiro atoms. The number of nitrogens with zero attached hydrogens (tertiary/aromatic N) is 2. The summed E-state index contributed by atoms with van der Waals surface area (Å²) in [5.41, 5.74) is 0.763. The molecule has 0 N–H and O–H groups in total. The lowest BCUT2D eigenvalue weighted by atomic mass is 10.1. The van der Waals surface area contributed by atoms with Crippen molar-refractivity contribution >= 4 is 39.1 Å². The van der Waals surface area contributed by atoms with Crippen LogP contribution in [0.3, 0.4) is 0 Å². The van der Waals surface area contributed by atoms with Gasteiger partial charge in [-0.3, -0.25) is 4.79 Å². The van der Waals surface area contributed by atoms with Gasteiger partial charge in [-0.2, -0.15) is 4.31 Å². The Morgan fingerprint density at radius 2 is 1.48 bits per heavy atom. The van der Waals surface area contributed by atoms with Crippen LogP contribution in [0.1, 0.15) is 12.0 Å². The number of benzene rings is 2. The second-order valence-corrected chi connectivity index (χ2v) is 9.05. The molecule has 0 atom stereocenters. The number of rotatable bonds is 5. The van der Waals surface area contributed by atoms with Crippen molar-refractivity contribution in [2.24, 2.45) is 0 Å². The largest absolute Gasteiger partial charge is 0.340 e. The number of hydrogen-bond acceptors (Lipinski definition) is 3. The van der Waals surface area contributed by atoms with E-state index in [4.69, 9.17) is 23.2 Å². The van der Waals surface area contributed by atoms with E-state index in [9.17, 15) is 13.2 Å². The Hall–Kier alpha value is -1.60. The van der Waals surface area contributed by atoms with Crippen LogP contribution in [0, 0.1) is 0 Å². The van der Waals surface area contributed by atoms with Gasteiger partial charge in [-0.05, 0) is 36.2 Å². The van der Waals surface area contributed by atoms with E-state index in [1.807, 2.05) is 0 Å². The van der Waals surface area contributed by atoms with Crippen molar-refractivity contribution in [1.82, 2.24) is 9.21 Å². The van der Waals surface area contributed by atoms with E-state index in [0.717, 1.165) is 5.56 Å². The van der Waals surface area contributed by atoms with Crippen molar-refractivity contribution in [3.8, 4) is 0 Å². The lowest BCUT2D eigenvalue weighted by Gasteiger charge is -2.34. The molecule has 144 valence electrons. The molecule has 1 fully saturated rings. The highest BCUT2D eigenvalue weighted by Gasteiger charge is 2.29. The molecule has 1 amide bonds. The molecule has 1 saturated heterocycles. The molecule has 0 saturated carbocycles. The van der Waals surface area contributed by atoms with Crippen LogP contribution in [-0.2, 0) is 21.2 Å². The maximum absolute atomic E-state index is 12.6. The van der Waals surface area contributed by atoms with Crippen molar-refractivity contribution in [2.45, 2.75) is 17.7 Å². The van der Waals surface area contributed by atoms with Gasteiger partial charge >= 0.3 is 0 Å². The number of amides is 1. The van der Waals surface area contributed by atoms with E-state index >= 15 is 0 Å². The van der Waals surface area contributed by atoms with E-state index in [0.29, 0.717) is 29.6 Å². The molecule has 8 heteroatoms. The molecule has 27 heavy (non-hydrogen) atoms. The van der Waals surface area contributed by atoms with Crippen LogP contribution in [0.4, 0.5) is 0 Å². The minimum atomic E-state index is -3.52. The lowest BCUT2D eigenvalue weighted by molar-refractivity contribution is -0.132. The minimum Gasteiger partial charge on any atom is -0.340 e. The average molecular weight is 427 g/mol. The molecule has 5 nitrogen and oxygen atoms in total. The van der Waals surface area contributed by atoms with Crippen molar-refractivity contribution in [2.75, 3.05) is 26.2 Å². The summed E-state index contributed by atoms with van der Waals surface area (Å²) in [6.45, 7) is 1.33. The Morgan fingerprint density at radius 3 is 2.07 bits per heavy atom. The number of piperazine rings is 1. The Bertz CT molecular complexity index is 892. The quantitative estimate of drug-likeness (QED) is 0.735. The molecule has 0 aliphatic carbocycles. The normalized spacial score (nSPS) is 15.7. The summed E-state index contributed by atoms with van der Waals surface area (Å²) in [7, 11) is -3.52. The number of carbonyl (C=O) groups excluding carboxylic acids is 1. The predicted octanol–water partition coefficient (Wildman–Crippen LogP) is 3.46. The summed E-state index contributed by atoms with van der Waals surface area (Å²) in [4.78, 5) is 14.5. The van der Waals surface area contributed by atoms with Gasteiger partial charge in [0.05, 0.1) is 4.90 Å². The average Bonchev–Trinajstić information content (AvgIpc) is 2.68. The van der Waals surface area contributed by atoms with Crippen LogP contribution in [0.2, 0.25) is 10.0 Å². The summed E-state index contributed by atoms with van der Waals surface area (Å²) in [6, 6.07) is 13.6.